The van der Waals surface area contributed by atoms with Crippen molar-refractivity contribution in [3.05, 3.63) is 11.7 Å². The van der Waals surface area contributed by atoms with Gasteiger partial charge in [-0.15, -0.1) is 0 Å². The zero-order chi connectivity index (χ0) is 14.7. The Morgan fingerprint density at radius 2 is 1.95 bits per heavy atom. The zero-order valence-corrected chi connectivity index (χ0v) is 12.2. The van der Waals surface area contributed by atoms with E-state index in [0.717, 1.165) is 13.1 Å². The number of carbonyl (C=O) groups is 1. The highest BCUT2D eigenvalue weighted by atomic mass is 16.5. The van der Waals surface area contributed by atoms with Gasteiger partial charge in [-0.1, -0.05) is 19.0 Å². The van der Waals surface area contributed by atoms with E-state index >= 15 is 0 Å². The summed E-state index contributed by atoms with van der Waals surface area (Å²) in [6, 6.07) is 0. The van der Waals surface area contributed by atoms with Gasteiger partial charge in [-0.05, 0) is 6.92 Å². The SMILES string of the molecule is CC(O)C(=O)N1CCN(Cc2noc(C(C)C)n2)CC1. The molecule has 112 valence electrons. The molecule has 0 saturated carbocycles. The van der Waals surface area contributed by atoms with E-state index in [4.69, 9.17) is 4.52 Å². The molecule has 7 heteroatoms. The number of aliphatic hydroxyl groups is 1. The van der Waals surface area contributed by atoms with E-state index in [1.807, 2.05) is 13.8 Å². The monoisotopic (exact) mass is 282 g/mol. The fourth-order valence-electron chi connectivity index (χ4n) is 2.16. The van der Waals surface area contributed by atoms with Crippen molar-refractivity contribution in [3.63, 3.8) is 0 Å². The molecule has 1 amide bonds. The van der Waals surface area contributed by atoms with Crippen LogP contribution in [0.1, 0.15) is 38.4 Å². The van der Waals surface area contributed by atoms with Crippen LogP contribution in [0.3, 0.4) is 0 Å². The number of carbonyl (C=O) groups excluding carboxylic acids is 1. The summed E-state index contributed by atoms with van der Waals surface area (Å²) in [6.45, 7) is 8.91. The van der Waals surface area contributed by atoms with Gasteiger partial charge >= 0.3 is 0 Å². The van der Waals surface area contributed by atoms with Gasteiger partial charge in [-0.3, -0.25) is 9.69 Å². The zero-order valence-electron chi connectivity index (χ0n) is 12.2. The third kappa shape index (κ3) is 3.55. The first-order valence-electron chi connectivity index (χ1n) is 6.99. The number of rotatable bonds is 4. The number of aromatic nitrogens is 2. The molecule has 0 radical (unpaired) electrons. The largest absolute Gasteiger partial charge is 0.384 e. The summed E-state index contributed by atoms with van der Waals surface area (Å²) in [7, 11) is 0. The van der Waals surface area contributed by atoms with Crippen molar-refractivity contribution >= 4 is 5.91 Å². The average molecular weight is 282 g/mol. The standard InChI is InChI=1S/C13H22N4O3/c1-9(2)12-14-11(15-20-12)8-16-4-6-17(7-5-16)13(19)10(3)18/h9-10,18H,4-8H2,1-3H3. The second-order valence-corrected chi connectivity index (χ2v) is 5.48. The highest BCUT2D eigenvalue weighted by molar-refractivity contribution is 5.80. The van der Waals surface area contributed by atoms with Crippen LogP contribution in [0.2, 0.25) is 0 Å². The average Bonchev–Trinajstić information content (AvgIpc) is 2.87. The molecule has 1 atom stereocenters. The lowest BCUT2D eigenvalue weighted by Crippen LogP contribution is -2.50. The highest BCUT2D eigenvalue weighted by Crippen LogP contribution is 2.13. The summed E-state index contributed by atoms with van der Waals surface area (Å²) in [6.07, 6.45) is -0.924. The first-order valence-corrected chi connectivity index (χ1v) is 6.99. The summed E-state index contributed by atoms with van der Waals surface area (Å²) in [4.78, 5) is 19.9. The molecular weight excluding hydrogens is 260 g/mol. The van der Waals surface area contributed by atoms with E-state index in [1.54, 1.807) is 4.90 Å². The Bertz CT molecular complexity index is 450. The Morgan fingerprint density at radius 3 is 2.45 bits per heavy atom. The molecule has 1 unspecified atom stereocenters. The van der Waals surface area contributed by atoms with Crippen LogP contribution in [0.15, 0.2) is 4.52 Å². The molecule has 7 nitrogen and oxygen atoms in total. The van der Waals surface area contributed by atoms with Gasteiger partial charge in [0, 0.05) is 32.1 Å². The highest BCUT2D eigenvalue weighted by Gasteiger charge is 2.24. The smallest absolute Gasteiger partial charge is 0.251 e. The van der Waals surface area contributed by atoms with E-state index in [9.17, 15) is 9.90 Å². The van der Waals surface area contributed by atoms with Crippen molar-refractivity contribution < 1.29 is 14.4 Å². The van der Waals surface area contributed by atoms with Crippen LogP contribution >= 0.6 is 0 Å². The van der Waals surface area contributed by atoms with Gasteiger partial charge in [-0.2, -0.15) is 4.98 Å². The number of nitrogens with zero attached hydrogens (tertiary/aromatic N) is 4. The molecule has 1 fully saturated rings. The van der Waals surface area contributed by atoms with Crippen LogP contribution in [0.4, 0.5) is 0 Å². The minimum absolute atomic E-state index is 0.202. The maximum absolute atomic E-state index is 11.7. The van der Waals surface area contributed by atoms with Crippen molar-refractivity contribution in [2.24, 2.45) is 0 Å². The van der Waals surface area contributed by atoms with Gasteiger partial charge in [0.2, 0.25) is 5.89 Å². The Morgan fingerprint density at radius 1 is 1.30 bits per heavy atom. The number of piperazine rings is 1. The lowest BCUT2D eigenvalue weighted by atomic mass is 10.2. The summed E-state index contributed by atoms with van der Waals surface area (Å²) < 4.78 is 5.17. The minimum Gasteiger partial charge on any atom is -0.384 e. The Kier molecular flexibility index (Phi) is 4.72. The van der Waals surface area contributed by atoms with E-state index in [0.29, 0.717) is 31.3 Å². The third-order valence-electron chi connectivity index (χ3n) is 3.38. The molecule has 1 aliphatic heterocycles. The summed E-state index contributed by atoms with van der Waals surface area (Å²) >= 11 is 0. The summed E-state index contributed by atoms with van der Waals surface area (Å²) in [5, 5.41) is 13.3. The fraction of sp³-hybridized carbons (Fsp3) is 0.769. The van der Waals surface area contributed by atoms with Crippen LogP contribution in [-0.4, -0.2) is 63.2 Å². The van der Waals surface area contributed by atoms with Gasteiger partial charge in [-0.25, -0.2) is 0 Å². The predicted molar refractivity (Wildman–Crippen MR) is 71.9 cm³/mol. The molecule has 0 aromatic carbocycles. The molecule has 1 aromatic heterocycles. The molecule has 1 N–H and O–H groups in total. The fourth-order valence-corrected chi connectivity index (χ4v) is 2.16. The van der Waals surface area contributed by atoms with Gasteiger partial charge in [0.25, 0.3) is 5.91 Å². The van der Waals surface area contributed by atoms with Gasteiger partial charge in [0.05, 0.1) is 6.54 Å². The van der Waals surface area contributed by atoms with Crippen LogP contribution < -0.4 is 0 Å². The number of aliphatic hydroxyl groups excluding tert-OH is 1. The lowest BCUT2D eigenvalue weighted by molar-refractivity contribution is -0.141. The molecule has 0 spiro atoms. The maximum Gasteiger partial charge on any atom is 0.251 e. The topological polar surface area (TPSA) is 82.7 Å². The quantitative estimate of drug-likeness (QED) is 0.850. The van der Waals surface area contributed by atoms with Crippen LogP contribution in [0.25, 0.3) is 0 Å². The number of amides is 1. The molecule has 20 heavy (non-hydrogen) atoms. The Hall–Kier alpha value is -1.47. The normalized spacial score (nSPS) is 18.6. The lowest BCUT2D eigenvalue weighted by Gasteiger charge is -2.34. The molecule has 2 heterocycles. The summed E-state index contributed by atoms with van der Waals surface area (Å²) in [5.41, 5.74) is 0. The van der Waals surface area contributed by atoms with E-state index in [-0.39, 0.29) is 11.8 Å². The van der Waals surface area contributed by atoms with Crippen molar-refractivity contribution in [3.8, 4) is 0 Å². The number of hydrogen-bond donors (Lipinski definition) is 1. The van der Waals surface area contributed by atoms with Crippen LogP contribution in [0.5, 0.6) is 0 Å². The van der Waals surface area contributed by atoms with Gasteiger partial charge in [0.15, 0.2) is 5.82 Å². The first-order chi connectivity index (χ1) is 9.47. The molecule has 1 aromatic rings. The maximum atomic E-state index is 11.7. The van der Waals surface area contributed by atoms with Gasteiger partial charge < -0.3 is 14.5 Å². The summed E-state index contributed by atoms with van der Waals surface area (Å²) in [5.74, 6) is 1.37. The molecule has 2 rings (SSSR count). The third-order valence-corrected chi connectivity index (χ3v) is 3.38. The first kappa shape index (κ1) is 14.9. The van der Waals surface area contributed by atoms with E-state index < -0.39 is 6.10 Å². The molecule has 0 aliphatic carbocycles. The van der Waals surface area contributed by atoms with Crippen LogP contribution in [0, 0.1) is 0 Å². The predicted octanol–water partition coefficient (Wildman–Crippen LogP) is 0.218. The number of hydrogen-bond acceptors (Lipinski definition) is 6. The molecule has 1 saturated heterocycles. The second-order valence-electron chi connectivity index (χ2n) is 5.48. The van der Waals surface area contributed by atoms with Crippen molar-refractivity contribution in [2.75, 3.05) is 26.2 Å². The minimum atomic E-state index is -0.924. The Balaban J connectivity index is 1.83. The molecule has 0 bridgehead atoms. The van der Waals surface area contributed by atoms with E-state index in [1.165, 1.54) is 6.92 Å². The van der Waals surface area contributed by atoms with Crippen molar-refractivity contribution in [1.29, 1.82) is 0 Å². The van der Waals surface area contributed by atoms with Crippen molar-refractivity contribution in [1.82, 2.24) is 19.9 Å². The van der Waals surface area contributed by atoms with E-state index in [2.05, 4.69) is 15.0 Å². The molecular formula is C13H22N4O3. The molecule has 1 aliphatic rings. The van der Waals surface area contributed by atoms with Crippen LogP contribution in [-0.2, 0) is 11.3 Å². The Labute approximate surface area is 118 Å². The van der Waals surface area contributed by atoms with Crippen molar-refractivity contribution in [2.45, 2.75) is 39.3 Å². The van der Waals surface area contributed by atoms with Gasteiger partial charge in [0.1, 0.15) is 6.10 Å². The second kappa shape index (κ2) is 6.32.